The molecule has 132 valence electrons. The summed E-state index contributed by atoms with van der Waals surface area (Å²) in [5.74, 6) is 0.0264. The monoisotopic (exact) mass is 366 g/mol. The maximum absolute atomic E-state index is 13.0. The molecule has 5 nitrogen and oxygen atoms in total. The molecule has 3 aromatic rings. The highest BCUT2D eigenvalue weighted by atomic mass is 32.2. The molecule has 0 radical (unpaired) electrons. The quantitative estimate of drug-likeness (QED) is 0.713. The van der Waals surface area contributed by atoms with E-state index < -0.39 is 9.84 Å². The maximum atomic E-state index is 13.0. The largest absolute Gasteiger partial charge is 0.472 e. The number of furan rings is 1. The summed E-state index contributed by atoms with van der Waals surface area (Å²) in [6.45, 7) is 2.05. The van der Waals surface area contributed by atoms with Crippen LogP contribution in [0.15, 0.2) is 70.6 Å². The van der Waals surface area contributed by atoms with Crippen molar-refractivity contribution in [3.8, 4) is 11.1 Å². The number of nitrogens with zero attached hydrogens (tertiary/aromatic N) is 2. The third-order valence-corrected chi connectivity index (χ3v) is 7.70. The summed E-state index contributed by atoms with van der Waals surface area (Å²) >= 11 is 0. The fourth-order valence-electron chi connectivity index (χ4n) is 4.21. The second-order valence-electron chi connectivity index (χ2n) is 7.01. The molecule has 0 aliphatic carbocycles. The second kappa shape index (κ2) is 5.79. The summed E-state index contributed by atoms with van der Waals surface area (Å²) in [7, 11) is -3.27. The molecule has 6 heteroatoms. The van der Waals surface area contributed by atoms with Crippen LogP contribution in [0.3, 0.4) is 0 Å². The molecule has 1 aromatic carbocycles. The van der Waals surface area contributed by atoms with Crippen molar-refractivity contribution < 1.29 is 12.8 Å². The summed E-state index contributed by atoms with van der Waals surface area (Å²) in [6.07, 6.45) is 6.91. The van der Waals surface area contributed by atoms with Crippen LogP contribution in [0.5, 0.6) is 0 Å². The molecular weight excluding hydrogens is 348 g/mol. The second-order valence-corrected chi connectivity index (χ2v) is 9.15. The Labute approximate surface area is 152 Å². The molecule has 1 fully saturated rings. The third-order valence-electron chi connectivity index (χ3n) is 5.44. The number of hydrogen-bond acceptors (Lipinski definition) is 5. The molecule has 2 aliphatic heterocycles. The normalized spacial score (nSPS) is 23.7. The third kappa shape index (κ3) is 2.40. The summed E-state index contributed by atoms with van der Waals surface area (Å²) in [6, 6.07) is 11.5. The van der Waals surface area contributed by atoms with E-state index in [-0.39, 0.29) is 11.2 Å². The Hall–Kier alpha value is -2.44. The minimum absolute atomic E-state index is 0.0264. The number of pyridine rings is 1. The minimum atomic E-state index is -3.27. The standard InChI is InChI=1S/C20H18N2O3S/c23-26(24)19-4-3-15(16-5-7-25-13-16)8-17(19)18-11-22(12-20(18)26)10-14-2-1-6-21-9-14/h1-9,13,18,20H,10-12H2/t18-,20+/m1/s1. The van der Waals surface area contributed by atoms with Crippen molar-refractivity contribution in [2.75, 3.05) is 13.1 Å². The number of likely N-dealkylation sites (tertiary alicyclic amines) is 1. The van der Waals surface area contributed by atoms with E-state index in [4.69, 9.17) is 4.42 Å². The van der Waals surface area contributed by atoms with Gasteiger partial charge in [0, 0.05) is 43.5 Å². The van der Waals surface area contributed by atoms with Crippen molar-refractivity contribution in [1.29, 1.82) is 0 Å². The molecular formula is C20H18N2O3S. The van der Waals surface area contributed by atoms with Crippen LogP contribution < -0.4 is 0 Å². The summed E-state index contributed by atoms with van der Waals surface area (Å²) in [5.41, 5.74) is 4.03. The molecule has 0 N–H and O–H groups in total. The highest BCUT2D eigenvalue weighted by Gasteiger charge is 2.50. The molecule has 26 heavy (non-hydrogen) atoms. The van der Waals surface area contributed by atoms with Crippen LogP contribution in [-0.4, -0.2) is 36.6 Å². The molecule has 2 aliphatic rings. The fraction of sp³-hybridized carbons (Fsp3) is 0.250. The zero-order valence-electron chi connectivity index (χ0n) is 14.1. The van der Waals surface area contributed by atoms with E-state index in [0.29, 0.717) is 11.4 Å². The number of fused-ring (bicyclic) bond motifs is 3. The van der Waals surface area contributed by atoms with Gasteiger partial charge in [-0.25, -0.2) is 8.42 Å². The van der Waals surface area contributed by atoms with Gasteiger partial charge in [-0.05, 0) is 41.0 Å². The number of rotatable bonds is 3. The first-order valence-electron chi connectivity index (χ1n) is 8.64. The Bertz CT molecular complexity index is 1050. The van der Waals surface area contributed by atoms with E-state index in [1.807, 2.05) is 36.5 Å². The predicted molar refractivity (Wildman–Crippen MR) is 97.4 cm³/mol. The van der Waals surface area contributed by atoms with E-state index in [0.717, 1.165) is 35.3 Å². The Morgan fingerprint density at radius 1 is 1.15 bits per heavy atom. The number of aromatic nitrogens is 1. The van der Waals surface area contributed by atoms with Crippen molar-refractivity contribution in [1.82, 2.24) is 9.88 Å². The van der Waals surface area contributed by atoms with E-state index in [2.05, 4.69) is 9.88 Å². The molecule has 1 saturated heterocycles. The first-order chi connectivity index (χ1) is 12.6. The van der Waals surface area contributed by atoms with Crippen molar-refractivity contribution >= 4 is 9.84 Å². The number of benzene rings is 1. The minimum Gasteiger partial charge on any atom is -0.472 e. The van der Waals surface area contributed by atoms with Gasteiger partial charge >= 0.3 is 0 Å². The first kappa shape index (κ1) is 15.8. The van der Waals surface area contributed by atoms with Crippen LogP contribution in [0.2, 0.25) is 0 Å². The number of hydrogen-bond donors (Lipinski definition) is 0. The summed E-state index contributed by atoms with van der Waals surface area (Å²) in [4.78, 5) is 6.87. The van der Waals surface area contributed by atoms with Crippen LogP contribution >= 0.6 is 0 Å². The molecule has 0 amide bonds. The van der Waals surface area contributed by atoms with Crippen molar-refractivity contribution in [3.05, 3.63) is 72.4 Å². The highest BCUT2D eigenvalue weighted by molar-refractivity contribution is 7.92. The Morgan fingerprint density at radius 3 is 2.85 bits per heavy atom. The lowest BCUT2D eigenvalue weighted by Crippen LogP contribution is -2.25. The van der Waals surface area contributed by atoms with Gasteiger partial charge in [0.05, 0.1) is 22.7 Å². The van der Waals surface area contributed by atoms with Gasteiger partial charge in [-0.3, -0.25) is 9.88 Å². The smallest absolute Gasteiger partial charge is 0.183 e. The molecule has 2 aromatic heterocycles. The molecule has 0 saturated carbocycles. The SMILES string of the molecule is O=S1(=O)c2ccc(-c3ccoc3)cc2[C@H]2CN(Cc3cccnc3)C[C@@H]21. The summed E-state index contributed by atoms with van der Waals surface area (Å²) < 4.78 is 31.2. The lowest BCUT2D eigenvalue weighted by molar-refractivity contribution is 0.325. The highest BCUT2D eigenvalue weighted by Crippen LogP contribution is 2.46. The van der Waals surface area contributed by atoms with Crippen LogP contribution in [0.4, 0.5) is 0 Å². The first-order valence-corrected chi connectivity index (χ1v) is 10.2. The number of sulfone groups is 1. The Morgan fingerprint density at radius 2 is 2.08 bits per heavy atom. The summed E-state index contributed by atoms with van der Waals surface area (Å²) in [5, 5.41) is -0.353. The van der Waals surface area contributed by atoms with Crippen LogP contribution in [0.1, 0.15) is 17.0 Å². The lowest BCUT2D eigenvalue weighted by atomic mass is 9.95. The zero-order valence-corrected chi connectivity index (χ0v) is 14.9. The molecule has 0 unspecified atom stereocenters. The van der Waals surface area contributed by atoms with E-state index >= 15 is 0 Å². The lowest BCUT2D eigenvalue weighted by Gasteiger charge is -2.17. The van der Waals surface area contributed by atoms with E-state index in [1.165, 1.54) is 0 Å². The molecule has 0 bridgehead atoms. The Balaban J connectivity index is 1.49. The predicted octanol–water partition coefficient (Wildman–Crippen LogP) is 3.10. The van der Waals surface area contributed by atoms with Gasteiger partial charge in [0.15, 0.2) is 9.84 Å². The molecule has 0 spiro atoms. The molecule has 2 atom stereocenters. The van der Waals surface area contributed by atoms with Crippen LogP contribution in [-0.2, 0) is 16.4 Å². The average Bonchev–Trinajstić information content (AvgIpc) is 3.35. The maximum Gasteiger partial charge on any atom is 0.183 e. The van der Waals surface area contributed by atoms with Gasteiger partial charge in [-0.2, -0.15) is 0 Å². The van der Waals surface area contributed by atoms with Gasteiger partial charge in [-0.1, -0.05) is 12.1 Å². The molecule has 5 rings (SSSR count). The van der Waals surface area contributed by atoms with Gasteiger partial charge in [-0.15, -0.1) is 0 Å². The van der Waals surface area contributed by atoms with Gasteiger partial charge in [0.1, 0.15) is 0 Å². The topological polar surface area (TPSA) is 63.4 Å². The van der Waals surface area contributed by atoms with Crippen molar-refractivity contribution in [2.24, 2.45) is 0 Å². The van der Waals surface area contributed by atoms with Crippen LogP contribution in [0, 0.1) is 0 Å². The van der Waals surface area contributed by atoms with Gasteiger partial charge < -0.3 is 4.42 Å². The fourth-order valence-corrected chi connectivity index (χ4v) is 6.41. The van der Waals surface area contributed by atoms with Gasteiger partial charge in [0.2, 0.25) is 0 Å². The van der Waals surface area contributed by atoms with Gasteiger partial charge in [0.25, 0.3) is 0 Å². The average molecular weight is 366 g/mol. The van der Waals surface area contributed by atoms with E-state index in [9.17, 15) is 8.42 Å². The van der Waals surface area contributed by atoms with Crippen molar-refractivity contribution in [3.63, 3.8) is 0 Å². The van der Waals surface area contributed by atoms with E-state index in [1.54, 1.807) is 24.8 Å². The molecule has 4 heterocycles. The Kier molecular flexibility index (Phi) is 3.52. The van der Waals surface area contributed by atoms with Crippen LogP contribution in [0.25, 0.3) is 11.1 Å². The van der Waals surface area contributed by atoms with Crippen molar-refractivity contribution in [2.45, 2.75) is 22.6 Å². The zero-order chi connectivity index (χ0) is 17.7.